The number of benzene rings is 1. The van der Waals surface area contributed by atoms with Gasteiger partial charge in [0.25, 0.3) is 0 Å². The number of rotatable bonds is 5. The van der Waals surface area contributed by atoms with E-state index < -0.39 is 15.8 Å². The van der Waals surface area contributed by atoms with Gasteiger partial charge in [-0.15, -0.1) is 0 Å². The molecule has 1 saturated carbocycles. The van der Waals surface area contributed by atoms with E-state index in [1.165, 1.54) is 28.6 Å². The Balaban J connectivity index is 1.43. The molecule has 0 atom stereocenters. The SMILES string of the molecule is Cn1c(C2CC2)nn(CN2CCN(S(=O)(=O)c3ccccc3F)CC2)c1=S. The lowest BCUT2D eigenvalue weighted by atomic mass is 10.3. The first kappa shape index (κ1) is 18.7. The van der Waals surface area contributed by atoms with Crippen molar-refractivity contribution in [2.45, 2.75) is 30.3 Å². The van der Waals surface area contributed by atoms with Crippen LogP contribution in [0.2, 0.25) is 0 Å². The normalized spacial score (nSPS) is 19.5. The van der Waals surface area contributed by atoms with Crippen LogP contribution in [0.5, 0.6) is 0 Å². The Morgan fingerprint density at radius 1 is 1.19 bits per heavy atom. The minimum absolute atomic E-state index is 0.264. The van der Waals surface area contributed by atoms with E-state index in [-0.39, 0.29) is 4.90 Å². The van der Waals surface area contributed by atoms with Crippen LogP contribution in [0.4, 0.5) is 4.39 Å². The maximum atomic E-state index is 13.9. The third-order valence-corrected chi connectivity index (χ3v) is 7.55. The number of nitrogens with zero attached hydrogens (tertiary/aromatic N) is 5. The summed E-state index contributed by atoms with van der Waals surface area (Å²) in [6, 6.07) is 5.50. The van der Waals surface area contributed by atoms with Crippen LogP contribution >= 0.6 is 12.2 Å². The predicted molar refractivity (Wildman–Crippen MR) is 101 cm³/mol. The molecule has 27 heavy (non-hydrogen) atoms. The van der Waals surface area contributed by atoms with Crippen LogP contribution < -0.4 is 0 Å². The van der Waals surface area contributed by atoms with Crippen molar-refractivity contribution in [3.8, 4) is 0 Å². The maximum Gasteiger partial charge on any atom is 0.246 e. The van der Waals surface area contributed by atoms with Crippen LogP contribution in [-0.2, 0) is 23.7 Å². The summed E-state index contributed by atoms with van der Waals surface area (Å²) in [6.45, 7) is 2.25. The Morgan fingerprint density at radius 3 is 2.48 bits per heavy atom. The van der Waals surface area contributed by atoms with Crippen LogP contribution in [0.25, 0.3) is 0 Å². The maximum absolute atomic E-state index is 13.9. The third kappa shape index (κ3) is 3.58. The quantitative estimate of drug-likeness (QED) is 0.704. The first-order valence-corrected chi connectivity index (χ1v) is 10.8. The van der Waals surface area contributed by atoms with E-state index in [9.17, 15) is 12.8 Å². The van der Waals surface area contributed by atoms with Gasteiger partial charge in [0.15, 0.2) is 4.77 Å². The lowest BCUT2D eigenvalue weighted by molar-refractivity contribution is 0.144. The fourth-order valence-electron chi connectivity index (χ4n) is 3.39. The van der Waals surface area contributed by atoms with Gasteiger partial charge in [-0.3, -0.25) is 4.90 Å². The molecule has 2 aromatic rings. The molecule has 146 valence electrons. The Kier molecular flexibility index (Phi) is 4.91. The second kappa shape index (κ2) is 7.08. The predicted octanol–water partition coefficient (Wildman–Crippen LogP) is 1.93. The average Bonchev–Trinajstić information content (AvgIpc) is 3.45. The fraction of sp³-hybridized carbons (Fsp3) is 0.529. The Morgan fingerprint density at radius 2 is 1.85 bits per heavy atom. The summed E-state index contributed by atoms with van der Waals surface area (Å²) in [5.41, 5.74) is 0. The molecule has 0 unspecified atom stereocenters. The highest BCUT2D eigenvalue weighted by atomic mass is 32.2. The number of hydrogen-bond acceptors (Lipinski definition) is 5. The molecular weight excluding hydrogens is 389 g/mol. The summed E-state index contributed by atoms with van der Waals surface area (Å²) < 4.78 is 45.1. The zero-order valence-corrected chi connectivity index (χ0v) is 16.7. The van der Waals surface area contributed by atoms with Gasteiger partial charge < -0.3 is 4.57 Å². The summed E-state index contributed by atoms with van der Waals surface area (Å²) >= 11 is 5.48. The number of sulfonamides is 1. The summed E-state index contributed by atoms with van der Waals surface area (Å²) in [7, 11) is -1.88. The van der Waals surface area contributed by atoms with E-state index in [1.54, 1.807) is 0 Å². The van der Waals surface area contributed by atoms with Crippen LogP contribution in [0.15, 0.2) is 29.2 Å². The number of hydrogen-bond donors (Lipinski definition) is 0. The number of aromatic nitrogens is 3. The molecule has 1 aromatic carbocycles. The van der Waals surface area contributed by atoms with E-state index in [4.69, 9.17) is 12.2 Å². The number of halogens is 1. The van der Waals surface area contributed by atoms with Crippen LogP contribution in [0.1, 0.15) is 24.6 Å². The average molecular weight is 412 g/mol. The molecule has 1 aliphatic carbocycles. The van der Waals surface area contributed by atoms with Gasteiger partial charge in [-0.1, -0.05) is 12.1 Å². The molecule has 1 aromatic heterocycles. The van der Waals surface area contributed by atoms with E-state index in [0.717, 1.165) is 18.7 Å². The van der Waals surface area contributed by atoms with Crippen LogP contribution in [0.3, 0.4) is 0 Å². The van der Waals surface area contributed by atoms with Crippen molar-refractivity contribution in [3.63, 3.8) is 0 Å². The van der Waals surface area contributed by atoms with E-state index in [0.29, 0.717) is 43.5 Å². The van der Waals surface area contributed by atoms with E-state index in [2.05, 4.69) is 10.00 Å². The summed E-state index contributed by atoms with van der Waals surface area (Å²) in [4.78, 5) is 1.85. The highest BCUT2D eigenvalue weighted by Gasteiger charge is 2.32. The Hall–Kier alpha value is -1.62. The van der Waals surface area contributed by atoms with Crippen LogP contribution in [-0.4, -0.2) is 58.1 Å². The molecule has 0 bridgehead atoms. The van der Waals surface area contributed by atoms with Crippen molar-refractivity contribution < 1.29 is 12.8 Å². The van der Waals surface area contributed by atoms with Gasteiger partial charge in [0, 0.05) is 39.1 Å². The molecule has 7 nitrogen and oxygen atoms in total. The highest BCUT2D eigenvalue weighted by Crippen LogP contribution is 2.38. The monoisotopic (exact) mass is 411 g/mol. The molecular formula is C17H22FN5O2S2. The molecule has 0 radical (unpaired) electrons. The van der Waals surface area contributed by atoms with Crippen molar-refractivity contribution in [2.24, 2.45) is 7.05 Å². The lowest BCUT2D eigenvalue weighted by Gasteiger charge is -2.33. The molecule has 10 heteroatoms. The van der Waals surface area contributed by atoms with Crippen molar-refractivity contribution in [2.75, 3.05) is 26.2 Å². The number of piperazine rings is 1. The third-order valence-electron chi connectivity index (χ3n) is 5.14. The minimum Gasteiger partial charge on any atom is -0.307 e. The molecule has 2 heterocycles. The van der Waals surface area contributed by atoms with Crippen molar-refractivity contribution in [3.05, 3.63) is 40.7 Å². The minimum atomic E-state index is -3.82. The summed E-state index contributed by atoms with van der Waals surface area (Å²) in [6.07, 6.45) is 2.32. The second-order valence-electron chi connectivity index (χ2n) is 7.07. The molecule has 1 saturated heterocycles. The molecule has 2 aliphatic rings. The standard InChI is InChI=1S/C17H22FN5O2S2/c1-20-16(13-6-7-13)19-23(17(20)26)12-21-8-10-22(11-9-21)27(24,25)15-5-3-2-4-14(15)18/h2-5,13H,6-12H2,1H3. The molecule has 0 amide bonds. The van der Waals surface area contributed by atoms with Crippen molar-refractivity contribution in [1.82, 2.24) is 23.6 Å². The molecule has 0 spiro atoms. The van der Waals surface area contributed by atoms with Gasteiger partial charge in [-0.2, -0.15) is 9.40 Å². The van der Waals surface area contributed by atoms with Gasteiger partial charge in [0.05, 0.1) is 6.67 Å². The largest absolute Gasteiger partial charge is 0.307 e. The molecule has 2 fully saturated rings. The topological polar surface area (TPSA) is 63.4 Å². The van der Waals surface area contributed by atoms with Gasteiger partial charge in [-0.05, 0) is 37.2 Å². The van der Waals surface area contributed by atoms with Gasteiger partial charge >= 0.3 is 0 Å². The Labute approximate surface area is 163 Å². The van der Waals surface area contributed by atoms with Gasteiger partial charge in [-0.25, -0.2) is 17.5 Å². The lowest BCUT2D eigenvalue weighted by Crippen LogP contribution is -2.49. The van der Waals surface area contributed by atoms with Gasteiger partial charge in [0.1, 0.15) is 16.5 Å². The fourth-order valence-corrected chi connectivity index (χ4v) is 5.07. The zero-order chi connectivity index (χ0) is 19.2. The van der Waals surface area contributed by atoms with Crippen molar-refractivity contribution in [1.29, 1.82) is 0 Å². The summed E-state index contributed by atoms with van der Waals surface area (Å²) in [5, 5.41) is 4.64. The molecule has 1 aliphatic heterocycles. The molecule has 0 N–H and O–H groups in total. The first-order chi connectivity index (χ1) is 12.9. The van der Waals surface area contributed by atoms with Crippen molar-refractivity contribution >= 4 is 22.2 Å². The zero-order valence-electron chi connectivity index (χ0n) is 15.1. The van der Waals surface area contributed by atoms with E-state index >= 15 is 0 Å². The first-order valence-electron chi connectivity index (χ1n) is 8.98. The Bertz CT molecular complexity index is 1000. The smallest absolute Gasteiger partial charge is 0.246 e. The summed E-state index contributed by atoms with van der Waals surface area (Å²) in [5.74, 6) is 0.828. The van der Waals surface area contributed by atoms with Gasteiger partial charge in [0.2, 0.25) is 10.0 Å². The van der Waals surface area contributed by atoms with Crippen LogP contribution in [0, 0.1) is 10.6 Å². The van der Waals surface area contributed by atoms with E-state index in [1.807, 2.05) is 16.3 Å². The highest BCUT2D eigenvalue weighted by molar-refractivity contribution is 7.89. The second-order valence-corrected chi connectivity index (χ2v) is 9.34. The molecule has 4 rings (SSSR count).